The molecule has 0 atom stereocenters. The first-order valence-electron chi connectivity index (χ1n) is 11.3. The number of allylic oxidation sites excluding steroid dienone is 2. The fraction of sp³-hybridized carbons (Fsp3) is 0.179. The topological polar surface area (TPSA) is 77.4 Å². The first kappa shape index (κ1) is 21.6. The molecule has 0 unspecified atom stereocenters. The molecule has 4 aromatic rings. The molecule has 0 spiro atoms. The molecule has 5 rings (SSSR count). The molecule has 0 fully saturated rings. The molecule has 3 aromatic carbocycles. The van der Waals surface area contributed by atoms with Gasteiger partial charge in [0.05, 0.1) is 0 Å². The van der Waals surface area contributed by atoms with E-state index in [0.717, 1.165) is 39.5 Å². The first-order valence-corrected chi connectivity index (χ1v) is 11.3. The minimum absolute atomic E-state index is 0.0222. The van der Waals surface area contributed by atoms with Crippen LogP contribution in [0.4, 0.5) is 0 Å². The lowest BCUT2D eigenvalue weighted by molar-refractivity contribution is -0.146. The van der Waals surface area contributed by atoms with Crippen molar-refractivity contribution in [2.45, 2.75) is 33.7 Å². The summed E-state index contributed by atoms with van der Waals surface area (Å²) in [5.41, 5.74) is 8.47. The van der Waals surface area contributed by atoms with Crippen LogP contribution in [0.5, 0.6) is 0 Å². The highest BCUT2D eigenvalue weighted by Gasteiger charge is 2.26. The third-order valence-electron chi connectivity index (χ3n) is 6.41. The molecule has 0 amide bonds. The van der Waals surface area contributed by atoms with Gasteiger partial charge in [-0.25, -0.2) is 5.48 Å². The average molecular weight is 453 g/mol. The van der Waals surface area contributed by atoms with Gasteiger partial charge in [-0.1, -0.05) is 24.3 Å². The van der Waals surface area contributed by atoms with Gasteiger partial charge in [0.25, 0.3) is 0 Å². The van der Waals surface area contributed by atoms with Crippen LogP contribution in [0, 0.1) is 6.92 Å². The predicted molar refractivity (Wildman–Crippen MR) is 131 cm³/mol. The first-order chi connectivity index (χ1) is 16.4. The monoisotopic (exact) mass is 452 g/mol. The van der Waals surface area contributed by atoms with Gasteiger partial charge in [-0.05, 0) is 67.8 Å². The summed E-state index contributed by atoms with van der Waals surface area (Å²) in [6.45, 7) is 6.04. The van der Waals surface area contributed by atoms with E-state index in [1.807, 2.05) is 61.5 Å². The Labute approximate surface area is 196 Å². The van der Waals surface area contributed by atoms with E-state index < -0.39 is 5.97 Å². The van der Waals surface area contributed by atoms with Crippen LogP contribution in [0.25, 0.3) is 21.8 Å². The van der Waals surface area contributed by atoms with Crippen molar-refractivity contribution in [2.24, 2.45) is 0 Å². The normalized spacial score (nSPS) is 13.0. The van der Waals surface area contributed by atoms with Crippen molar-refractivity contribution in [3.63, 3.8) is 0 Å². The lowest BCUT2D eigenvalue weighted by Gasteiger charge is -2.18. The van der Waals surface area contributed by atoms with Gasteiger partial charge in [0, 0.05) is 52.0 Å². The van der Waals surface area contributed by atoms with Crippen LogP contribution < -0.4 is 5.48 Å². The summed E-state index contributed by atoms with van der Waals surface area (Å²) in [4.78, 5) is 42.4. The maximum atomic E-state index is 13.3. The molecular weight excluding hydrogens is 428 g/mol. The molecule has 1 aliphatic rings. The van der Waals surface area contributed by atoms with E-state index in [0.29, 0.717) is 23.1 Å². The summed E-state index contributed by atoms with van der Waals surface area (Å²) < 4.78 is 2.20. The molecule has 1 heterocycles. The number of aryl methyl sites for hydroxylation is 2. The van der Waals surface area contributed by atoms with Crippen molar-refractivity contribution >= 4 is 39.3 Å². The molecular formula is C28H24N2O4. The molecule has 0 radical (unpaired) electrons. The number of Topliss-reactive ketones (excluding diaryl/α,β-unsaturated/α-hetero) is 1. The number of carbonyl (C=O) groups excluding carboxylic acids is 3. The molecule has 1 aromatic heterocycles. The number of fused-ring (bicyclic) bond motifs is 5. The second kappa shape index (κ2) is 8.30. The molecule has 1 N–H and O–H groups in total. The second-order valence-corrected chi connectivity index (χ2v) is 8.45. The summed E-state index contributed by atoms with van der Waals surface area (Å²) in [5, 5.41) is 1.93. The van der Waals surface area contributed by atoms with Gasteiger partial charge in [-0.2, -0.15) is 0 Å². The molecule has 34 heavy (non-hydrogen) atoms. The number of nitrogens with one attached hydrogen (secondary N) is 1. The Morgan fingerprint density at radius 2 is 1.82 bits per heavy atom. The van der Waals surface area contributed by atoms with Crippen LogP contribution in [-0.4, -0.2) is 22.1 Å². The number of nitrogens with zero attached hydrogens (tertiary/aromatic N) is 1. The van der Waals surface area contributed by atoms with Crippen molar-refractivity contribution in [2.75, 3.05) is 0 Å². The lowest BCUT2D eigenvalue weighted by atomic mass is 9.89. The second-order valence-electron chi connectivity index (χ2n) is 8.45. The summed E-state index contributed by atoms with van der Waals surface area (Å²) in [6, 6.07) is 17.2. The fourth-order valence-electron chi connectivity index (χ4n) is 4.81. The van der Waals surface area contributed by atoms with Crippen LogP contribution in [0.15, 0.2) is 66.4 Å². The highest BCUT2D eigenvalue weighted by atomic mass is 16.7. The fourth-order valence-corrected chi connectivity index (χ4v) is 4.81. The zero-order valence-electron chi connectivity index (χ0n) is 19.3. The Hall–Kier alpha value is -4.19. The SMILES string of the molecule is CCn1c2ccc(C(=O)c3ccccc3C)cc2c2c3c(ccc21)C(=O)C(NOC(C)=O)=CC3. The number of hydrogen-bond donors (Lipinski definition) is 1. The van der Waals surface area contributed by atoms with E-state index in [-0.39, 0.29) is 17.3 Å². The number of aromatic nitrogens is 1. The summed E-state index contributed by atoms with van der Waals surface area (Å²) in [6.07, 6.45) is 2.24. The number of hydroxylamine groups is 1. The minimum atomic E-state index is -0.521. The highest BCUT2D eigenvalue weighted by molar-refractivity contribution is 6.19. The lowest BCUT2D eigenvalue weighted by Crippen LogP contribution is -2.26. The third-order valence-corrected chi connectivity index (χ3v) is 6.41. The van der Waals surface area contributed by atoms with Gasteiger partial charge in [0.2, 0.25) is 5.78 Å². The molecule has 0 bridgehead atoms. The van der Waals surface area contributed by atoms with E-state index >= 15 is 0 Å². The van der Waals surface area contributed by atoms with E-state index in [2.05, 4.69) is 17.0 Å². The Morgan fingerprint density at radius 3 is 2.56 bits per heavy atom. The zero-order chi connectivity index (χ0) is 24.0. The molecule has 170 valence electrons. The molecule has 0 saturated carbocycles. The van der Waals surface area contributed by atoms with Crippen molar-refractivity contribution in [1.82, 2.24) is 10.0 Å². The van der Waals surface area contributed by atoms with Gasteiger partial charge in [0.1, 0.15) is 5.70 Å². The number of hydrogen-bond acceptors (Lipinski definition) is 5. The number of rotatable bonds is 5. The van der Waals surface area contributed by atoms with E-state index in [1.54, 1.807) is 6.08 Å². The van der Waals surface area contributed by atoms with Gasteiger partial charge >= 0.3 is 5.97 Å². The van der Waals surface area contributed by atoms with Crippen LogP contribution in [0.3, 0.4) is 0 Å². The van der Waals surface area contributed by atoms with E-state index in [1.165, 1.54) is 6.92 Å². The highest BCUT2D eigenvalue weighted by Crippen LogP contribution is 2.37. The average Bonchev–Trinajstić information content (AvgIpc) is 3.16. The van der Waals surface area contributed by atoms with Gasteiger partial charge in [0.15, 0.2) is 5.78 Å². The Balaban J connectivity index is 1.68. The molecule has 6 nitrogen and oxygen atoms in total. The summed E-state index contributed by atoms with van der Waals surface area (Å²) >= 11 is 0. The summed E-state index contributed by atoms with van der Waals surface area (Å²) in [7, 11) is 0. The van der Waals surface area contributed by atoms with Crippen LogP contribution in [-0.2, 0) is 22.6 Å². The van der Waals surface area contributed by atoms with Crippen molar-refractivity contribution in [3.8, 4) is 0 Å². The standard InChI is InChI=1S/C28H24N2O4/c1-4-30-24-13-9-18(27(32)19-8-6-5-7-16(19)2)15-22(24)26-20-10-12-23(29-34-17(3)31)28(33)21(20)11-14-25(26)30/h5-9,11-15,29H,4,10H2,1-3H3. The van der Waals surface area contributed by atoms with Crippen LogP contribution in [0.2, 0.25) is 0 Å². The van der Waals surface area contributed by atoms with Crippen LogP contribution in [0.1, 0.15) is 51.3 Å². The van der Waals surface area contributed by atoms with Crippen molar-refractivity contribution < 1.29 is 19.2 Å². The number of ketones is 2. The quantitative estimate of drug-likeness (QED) is 0.339. The minimum Gasteiger partial charge on any atom is -0.344 e. The smallest absolute Gasteiger partial charge is 0.329 e. The Bertz CT molecular complexity index is 1540. The maximum absolute atomic E-state index is 13.3. The van der Waals surface area contributed by atoms with Gasteiger partial charge in [-0.15, -0.1) is 0 Å². The molecule has 1 aliphatic carbocycles. The largest absolute Gasteiger partial charge is 0.344 e. The molecule has 0 aliphatic heterocycles. The molecule has 6 heteroatoms. The van der Waals surface area contributed by atoms with Crippen LogP contribution >= 0.6 is 0 Å². The Morgan fingerprint density at radius 1 is 1.06 bits per heavy atom. The number of benzene rings is 3. The number of carbonyl (C=O) groups is 3. The van der Waals surface area contributed by atoms with Gasteiger partial charge < -0.3 is 9.40 Å². The summed E-state index contributed by atoms with van der Waals surface area (Å²) in [5.74, 6) is -0.771. The van der Waals surface area contributed by atoms with E-state index in [4.69, 9.17) is 4.84 Å². The van der Waals surface area contributed by atoms with Crippen molar-refractivity contribution in [3.05, 3.63) is 94.2 Å². The van der Waals surface area contributed by atoms with E-state index in [9.17, 15) is 14.4 Å². The zero-order valence-corrected chi connectivity index (χ0v) is 19.3. The predicted octanol–water partition coefficient (Wildman–Crippen LogP) is 5.04. The third kappa shape index (κ3) is 3.39. The Kier molecular flexibility index (Phi) is 5.28. The molecule has 0 saturated heterocycles. The van der Waals surface area contributed by atoms with Gasteiger partial charge in [-0.3, -0.25) is 14.4 Å². The maximum Gasteiger partial charge on any atom is 0.329 e. The van der Waals surface area contributed by atoms with Crippen molar-refractivity contribution in [1.29, 1.82) is 0 Å².